The van der Waals surface area contributed by atoms with Gasteiger partial charge in [0, 0.05) is 10.2 Å². The Bertz CT molecular complexity index is 653. The lowest BCUT2D eigenvalue weighted by Gasteiger charge is -2.17. The van der Waals surface area contributed by atoms with Crippen LogP contribution in [0, 0.1) is 6.92 Å². The highest BCUT2D eigenvalue weighted by Crippen LogP contribution is 2.22. The van der Waals surface area contributed by atoms with Gasteiger partial charge in [0.15, 0.2) is 6.10 Å². The van der Waals surface area contributed by atoms with Crippen molar-refractivity contribution >= 4 is 27.5 Å². The molecule has 116 valence electrons. The summed E-state index contributed by atoms with van der Waals surface area (Å²) in [4.78, 5) is 12.4. The number of carbonyl (C=O) groups excluding carboxylic acids is 1. The molecule has 2 rings (SSSR count). The Morgan fingerprint density at radius 2 is 1.91 bits per heavy atom. The summed E-state index contributed by atoms with van der Waals surface area (Å²) < 4.78 is 6.66. The van der Waals surface area contributed by atoms with E-state index in [1.807, 2.05) is 49.4 Å². The van der Waals surface area contributed by atoms with E-state index < -0.39 is 6.10 Å². The minimum atomic E-state index is -0.564. The molecule has 0 heterocycles. The van der Waals surface area contributed by atoms with Crippen molar-refractivity contribution in [2.75, 3.05) is 5.32 Å². The number of anilines is 1. The molecule has 1 unspecified atom stereocenters. The van der Waals surface area contributed by atoms with E-state index in [0.717, 1.165) is 27.7 Å². The van der Waals surface area contributed by atoms with Gasteiger partial charge in [-0.1, -0.05) is 41.1 Å². The van der Waals surface area contributed by atoms with E-state index in [-0.39, 0.29) is 5.91 Å². The molecule has 0 aliphatic carbocycles. The number of nitrogens with one attached hydrogen (secondary N) is 1. The molecule has 3 nitrogen and oxygen atoms in total. The smallest absolute Gasteiger partial charge is 0.265 e. The third-order valence-corrected chi connectivity index (χ3v) is 4.01. The Morgan fingerprint density at radius 1 is 1.23 bits per heavy atom. The van der Waals surface area contributed by atoms with Gasteiger partial charge in [-0.2, -0.15) is 0 Å². The zero-order valence-electron chi connectivity index (χ0n) is 13.0. The molecule has 0 aliphatic rings. The van der Waals surface area contributed by atoms with E-state index in [9.17, 15) is 4.79 Å². The summed E-state index contributed by atoms with van der Waals surface area (Å²) >= 11 is 3.37. The molecular formula is C18H20BrNO2. The van der Waals surface area contributed by atoms with Crippen LogP contribution in [-0.4, -0.2) is 12.0 Å². The fourth-order valence-electron chi connectivity index (χ4n) is 2.20. The van der Waals surface area contributed by atoms with Gasteiger partial charge >= 0.3 is 0 Å². The van der Waals surface area contributed by atoms with Crippen LogP contribution in [0.2, 0.25) is 0 Å². The number of amides is 1. The minimum Gasteiger partial charge on any atom is -0.481 e. The molecule has 4 heteroatoms. The Morgan fingerprint density at radius 3 is 2.55 bits per heavy atom. The first-order valence-corrected chi connectivity index (χ1v) is 8.12. The zero-order chi connectivity index (χ0) is 16.1. The third-order valence-electron chi connectivity index (χ3n) is 3.48. The van der Waals surface area contributed by atoms with Crippen LogP contribution in [-0.2, 0) is 11.2 Å². The number of hydrogen-bond donors (Lipinski definition) is 1. The van der Waals surface area contributed by atoms with Gasteiger partial charge in [-0.15, -0.1) is 0 Å². The van der Waals surface area contributed by atoms with E-state index in [1.165, 1.54) is 0 Å². The lowest BCUT2D eigenvalue weighted by Crippen LogP contribution is -2.30. The van der Waals surface area contributed by atoms with Crippen LogP contribution in [0.5, 0.6) is 5.75 Å². The molecule has 0 radical (unpaired) electrons. The Labute approximate surface area is 139 Å². The average molecular weight is 362 g/mol. The molecule has 1 atom stereocenters. The summed E-state index contributed by atoms with van der Waals surface area (Å²) in [5.74, 6) is 0.526. The number of para-hydroxylation sites is 1. The normalized spacial score (nSPS) is 11.8. The fraction of sp³-hybridized carbons (Fsp3) is 0.278. The van der Waals surface area contributed by atoms with Crippen LogP contribution >= 0.6 is 15.9 Å². The minimum absolute atomic E-state index is 0.146. The fourth-order valence-corrected chi connectivity index (χ4v) is 2.46. The summed E-state index contributed by atoms with van der Waals surface area (Å²) in [6.07, 6.45) is 0.310. The van der Waals surface area contributed by atoms with E-state index in [2.05, 4.69) is 28.2 Å². The maximum Gasteiger partial charge on any atom is 0.265 e. The summed E-state index contributed by atoms with van der Waals surface area (Å²) in [7, 11) is 0. The lowest BCUT2D eigenvalue weighted by molar-refractivity contribution is -0.122. The van der Waals surface area contributed by atoms with E-state index in [0.29, 0.717) is 5.75 Å². The SMILES string of the molecule is CCc1cccc(C)c1NC(=O)C(C)Oc1ccc(Br)cc1. The standard InChI is InChI=1S/C18H20BrNO2/c1-4-14-7-5-6-12(2)17(14)20-18(21)13(3)22-16-10-8-15(19)9-11-16/h5-11,13H,4H2,1-3H3,(H,20,21). The van der Waals surface area contributed by atoms with Gasteiger partial charge in [0.25, 0.3) is 5.91 Å². The number of hydrogen-bond acceptors (Lipinski definition) is 2. The molecule has 0 aromatic heterocycles. The molecule has 1 amide bonds. The molecule has 0 bridgehead atoms. The number of halogens is 1. The van der Waals surface area contributed by atoms with E-state index in [4.69, 9.17) is 4.74 Å². The maximum atomic E-state index is 12.4. The monoisotopic (exact) mass is 361 g/mol. The topological polar surface area (TPSA) is 38.3 Å². The van der Waals surface area contributed by atoms with Crippen molar-refractivity contribution in [2.45, 2.75) is 33.3 Å². The Hall–Kier alpha value is -1.81. The summed E-state index contributed by atoms with van der Waals surface area (Å²) in [5.41, 5.74) is 3.08. The molecule has 2 aromatic carbocycles. The predicted octanol–water partition coefficient (Wildman–Crippen LogP) is 4.73. The first kappa shape index (κ1) is 16.6. The van der Waals surface area contributed by atoms with Crippen LogP contribution in [0.15, 0.2) is 46.9 Å². The van der Waals surface area contributed by atoms with Gasteiger partial charge in [-0.25, -0.2) is 0 Å². The third kappa shape index (κ3) is 4.10. The lowest BCUT2D eigenvalue weighted by atomic mass is 10.1. The molecule has 0 fully saturated rings. The highest BCUT2D eigenvalue weighted by molar-refractivity contribution is 9.10. The second kappa shape index (κ2) is 7.45. The van der Waals surface area contributed by atoms with Crippen LogP contribution in [0.3, 0.4) is 0 Å². The quantitative estimate of drug-likeness (QED) is 0.835. The molecule has 22 heavy (non-hydrogen) atoms. The highest BCUT2D eigenvalue weighted by atomic mass is 79.9. The molecule has 1 N–H and O–H groups in total. The molecule has 0 aliphatic heterocycles. The zero-order valence-corrected chi connectivity index (χ0v) is 14.6. The summed E-state index contributed by atoms with van der Waals surface area (Å²) in [6, 6.07) is 13.5. The van der Waals surface area contributed by atoms with Gasteiger partial charge < -0.3 is 10.1 Å². The number of carbonyl (C=O) groups is 1. The molecular weight excluding hydrogens is 342 g/mol. The van der Waals surface area contributed by atoms with Crippen molar-refractivity contribution in [1.82, 2.24) is 0 Å². The van der Waals surface area contributed by atoms with Crippen molar-refractivity contribution in [2.24, 2.45) is 0 Å². The maximum absolute atomic E-state index is 12.4. The molecule has 0 spiro atoms. The van der Waals surface area contributed by atoms with Crippen LogP contribution < -0.4 is 10.1 Å². The van der Waals surface area contributed by atoms with Gasteiger partial charge in [0.05, 0.1) is 0 Å². The summed E-state index contributed by atoms with van der Waals surface area (Å²) in [5, 5.41) is 2.99. The predicted molar refractivity (Wildman–Crippen MR) is 93.4 cm³/mol. The second-order valence-corrected chi connectivity index (χ2v) is 6.08. The molecule has 0 saturated carbocycles. The van der Waals surface area contributed by atoms with Gasteiger partial charge in [-0.3, -0.25) is 4.79 Å². The largest absolute Gasteiger partial charge is 0.481 e. The second-order valence-electron chi connectivity index (χ2n) is 5.17. The van der Waals surface area contributed by atoms with Crippen molar-refractivity contribution in [3.63, 3.8) is 0 Å². The number of benzene rings is 2. The summed E-state index contributed by atoms with van der Waals surface area (Å²) in [6.45, 7) is 5.82. The Kier molecular flexibility index (Phi) is 5.61. The van der Waals surface area contributed by atoms with E-state index >= 15 is 0 Å². The van der Waals surface area contributed by atoms with Gasteiger partial charge in [0.1, 0.15) is 5.75 Å². The molecule has 0 saturated heterocycles. The van der Waals surface area contributed by atoms with Crippen molar-refractivity contribution in [3.05, 3.63) is 58.1 Å². The van der Waals surface area contributed by atoms with Crippen LogP contribution in [0.4, 0.5) is 5.69 Å². The number of rotatable bonds is 5. The van der Waals surface area contributed by atoms with E-state index in [1.54, 1.807) is 6.92 Å². The van der Waals surface area contributed by atoms with Crippen molar-refractivity contribution in [3.8, 4) is 5.75 Å². The average Bonchev–Trinajstić information content (AvgIpc) is 2.51. The molecule has 2 aromatic rings. The van der Waals surface area contributed by atoms with Crippen molar-refractivity contribution in [1.29, 1.82) is 0 Å². The first-order valence-electron chi connectivity index (χ1n) is 7.33. The van der Waals surface area contributed by atoms with Crippen LogP contribution in [0.1, 0.15) is 25.0 Å². The van der Waals surface area contributed by atoms with Crippen molar-refractivity contribution < 1.29 is 9.53 Å². The number of aryl methyl sites for hydroxylation is 2. The van der Waals surface area contributed by atoms with Gasteiger partial charge in [0.2, 0.25) is 0 Å². The first-order chi connectivity index (χ1) is 10.5. The Balaban J connectivity index is 2.07. The number of ether oxygens (including phenoxy) is 1. The highest BCUT2D eigenvalue weighted by Gasteiger charge is 2.17. The van der Waals surface area contributed by atoms with Gasteiger partial charge in [-0.05, 0) is 55.7 Å². The van der Waals surface area contributed by atoms with Crippen LogP contribution in [0.25, 0.3) is 0 Å².